The average molecular weight is 319 g/mol. The van der Waals surface area contributed by atoms with E-state index in [0.717, 1.165) is 50.8 Å². The Morgan fingerprint density at radius 3 is 2.43 bits per heavy atom. The number of rotatable bonds is 5. The highest BCUT2D eigenvalue weighted by Gasteiger charge is 2.34. The molecule has 128 valence electrons. The van der Waals surface area contributed by atoms with Crippen LogP contribution in [0.2, 0.25) is 0 Å². The highest BCUT2D eigenvalue weighted by molar-refractivity contribution is 5.40. The van der Waals surface area contributed by atoms with Gasteiger partial charge in [0.05, 0.1) is 0 Å². The van der Waals surface area contributed by atoms with Crippen molar-refractivity contribution >= 4 is 5.82 Å². The number of aryl methyl sites for hydroxylation is 1. The van der Waals surface area contributed by atoms with Gasteiger partial charge in [-0.2, -0.15) is 0 Å². The first-order valence-electron chi connectivity index (χ1n) is 8.78. The molecule has 2 aliphatic rings. The summed E-state index contributed by atoms with van der Waals surface area (Å²) < 4.78 is 0. The van der Waals surface area contributed by atoms with Gasteiger partial charge in [0.15, 0.2) is 0 Å². The molecule has 23 heavy (non-hydrogen) atoms. The summed E-state index contributed by atoms with van der Waals surface area (Å²) in [4.78, 5) is 16.0. The van der Waals surface area contributed by atoms with Gasteiger partial charge in [-0.25, -0.2) is 9.97 Å². The van der Waals surface area contributed by atoms with Gasteiger partial charge in [0.2, 0.25) is 0 Å². The largest absolute Gasteiger partial charge is 0.396 e. The van der Waals surface area contributed by atoms with Crippen LogP contribution in [0.25, 0.3) is 0 Å². The summed E-state index contributed by atoms with van der Waals surface area (Å²) in [6.07, 6.45) is 1.63. The van der Waals surface area contributed by atoms with Gasteiger partial charge in [-0.1, -0.05) is 6.92 Å². The standard InChI is InChI=1S/C17H29N5O/c1-3-20-4-6-21(7-5-20)9-15-10-22(11-16(15)12-23)17-8-14(2)18-13-19-17/h8,13,15-16,23H,3-7,9-12H2,1-2H3/t15-,16-/m0/s1. The Bertz CT molecular complexity index is 504. The molecule has 1 aromatic rings. The molecular weight excluding hydrogens is 290 g/mol. The molecule has 6 heteroatoms. The topological polar surface area (TPSA) is 55.7 Å². The van der Waals surface area contributed by atoms with Crippen LogP contribution >= 0.6 is 0 Å². The molecule has 0 amide bonds. The maximum Gasteiger partial charge on any atom is 0.132 e. The molecule has 3 heterocycles. The maximum absolute atomic E-state index is 9.78. The van der Waals surface area contributed by atoms with E-state index in [2.05, 4.69) is 31.6 Å². The summed E-state index contributed by atoms with van der Waals surface area (Å²) in [5, 5.41) is 9.78. The molecule has 2 atom stereocenters. The second kappa shape index (κ2) is 7.55. The number of aliphatic hydroxyl groups is 1. The Labute approximate surface area is 139 Å². The molecule has 0 saturated carbocycles. The lowest BCUT2D eigenvalue weighted by molar-refractivity contribution is 0.106. The third-order valence-corrected chi connectivity index (χ3v) is 5.33. The van der Waals surface area contributed by atoms with E-state index in [1.165, 1.54) is 13.1 Å². The number of hydrogen-bond acceptors (Lipinski definition) is 6. The van der Waals surface area contributed by atoms with Crippen molar-refractivity contribution < 1.29 is 5.11 Å². The van der Waals surface area contributed by atoms with E-state index >= 15 is 0 Å². The molecule has 0 spiro atoms. The first-order valence-corrected chi connectivity index (χ1v) is 8.78. The highest BCUT2D eigenvalue weighted by atomic mass is 16.3. The van der Waals surface area contributed by atoms with Crippen molar-refractivity contribution in [3.05, 3.63) is 18.1 Å². The zero-order valence-electron chi connectivity index (χ0n) is 14.4. The lowest BCUT2D eigenvalue weighted by Crippen LogP contribution is -2.48. The van der Waals surface area contributed by atoms with Gasteiger partial charge in [-0.05, 0) is 19.4 Å². The molecule has 6 nitrogen and oxygen atoms in total. The zero-order valence-corrected chi connectivity index (χ0v) is 14.4. The third kappa shape index (κ3) is 4.00. The highest BCUT2D eigenvalue weighted by Crippen LogP contribution is 2.28. The fourth-order valence-corrected chi connectivity index (χ4v) is 3.77. The van der Waals surface area contributed by atoms with E-state index in [0.29, 0.717) is 11.8 Å². The summed E-state index contributed by atoms with van der Waals surface area (Å²) in [5.74, 6) is 1.85. The summed E-state index contributed by atoms with van der Waals surface area (Å²) >= 11 is 0. The monoisotopic (exact) mass is 319 g/mol. The SMILES string of the molecule is CCN1CCN(C[C@H]2CN(c3cc(C)ncn3)C[C@H]2CO)CC1. The van der Waals surface area contributed by atoms with E-state index in [4.69, 9.17) is 0 Å². The number of likely N-dealkylation sites (N-methyl/N-ethyl adjacent to an activating group) is 1. The Balaban J connectivity index is 1.59. The smallest absolute Gasteiger partial charge is 0.132 e. The van der Waals surface area contributed by atoms with E-state index in [-0.39, 0.29) is 6.61 Å². The Morgan fingerprint density at radius 2 is 1.78 bits per heavy atom. The van der Waals surface area contributed by atoms with Crippen molar-refractivity contribution in [2.75, 3.05) is 63.9 Å². The molecule has 2 saturated heterocycles. The fourth-order valence-electron chi connectivity index (χ4n) is 3.77. The van der Waals surface area contributed by atoms with Gasteiger partial charge in [0, 0.05) is 70.1 Å². The number of nitrogens with zero attached hydrogens (tertiary/aromatic N) is 5. The van der Waals surface area contributed by atoms with Crippen LogP contribution in [0.15, 0.2) is 12.4 Å². The van der Waals surface area contributed by atoms with Crippen LogP contribution in [0.5, 0.6) is 0 Å². The molecule has 0 unspecified atom stereocenters. The summed E-state index contributed by atoms with van der Waals surface area (Å²) in [7, 11) is 0. The summed E-state index contributed by atoms with van der Waals surface area (Å²) in [6.45, 7) is 13.2. The molecule has 0 bridgehead atoms. The molecule has 0 aliphatic carbocycles. The summed E-state index contributed by atoms with van der Waals surface area (Å²) in [5.41, 5.74) is 0.995. The second-order valence-corrected chi connectivity index (χ2v) is 6.86. The van der Waals surface area contributed by atoms with E-state index in [1.807, 2.05) is 13.0 Å². The van der Waals surface area contributed by atoms with Gasteiger partial charge in [-0.3, -0.25) is 0 Å². The third-order valence-electron chi connectivity index (χ3n) is 5.33. The summed E-state index contributed by atoms with van der Waals surface area (Å²) in [6, 6.07) is 2.04. The number of anilines is 1. The molecule has 0 radical (unpaired) electrons. The van der Waals surface area contributed by atoms with Gasteiger partial charge in [0.1, 0.15) is 12.1 Å². The van der Waals surface area contributed by atoms with Gasteiger partial charge in [0.25, 0.3) is 0 Å². The lowest BCUT2D eigenvalue weighted by atomic mass is 9.96. The van der Waals surface area contributed by atoms with Crippen LogP contribution < -0.4 is 4.90 Å². The van der Waals surface area contributed by atoms with Gasteiger partial charge in [-0.15, -0.1) is 0 Å². The van der Waals surface area contributed by atoms with Crippen molar-refractivity contribution in [3.8, 4) is 0 Å². The van der Waals surface area contributed by atoms with Crippen LogP contribution in [-0.2, 0) is 0 Å². The van der Waals surface area contributed by atoms with E-state index in [1.54, 1.807) is 6.33 Å². The fraction of sp³-hybridized carbons (Fsp3) is 0.765. The molecule has 2 fully saturated rings. The molecule has 3 rings (SSSR count). The Kier molecular flexibility index (Phi) is 5.46. The predicted molar refractivity (Wildman–Crippen MR) is 91.6 cm³/mol. The molecule has 1 N–H and O–H groups in total. The molecule has 0 aromatic carbocycles. The lowest BCUT2D eigenvalue weighted by Gasteiger charge is -2.36. The first-order chi connectivity index (χ1) is 11.2. The van der Waals surface area contributed by atoms with Crippen LogP contribution in [-0.4, -0.2) is 83.8 Å². The van der Waals surface area contributed by atoms with Crippen molar-refractivity contribution in [3.63, 3.8) is 0 Å². The van der Waals surface area contributed by atoms with Gasteiger partial charge < -0.3 is 19.8 Å². The molecular formula is C17H29N5O. The van der Waals surface area contributed by atoms with E-state index < -0.39 is 0 Å². The van der Waals surface area contributed by atoms with Crippen molar-refractivity contribution in [2.45, 2.75) is 13.8 Å². The van der Waals surface area contributed by atoms with Crippen molar-refractivity contribution in [2.24, 2.45) is 11.8 Å². The number of hydrogen-bond donors (Lipinski definition) is 1. The minimum Gasteiger partial charge on any atom is -0.396 e. The van der Waals surface area contributed by atoms with Crippen LogP contribution in [0.3, 0.4) is 0 Å². The van der Waals surface area contributed by atoms with Gasteiger partial charge >= 0.3 is 0 Å². The Hall–Kier alpha value is -1.24. The predicted octanol–water partition coefficient (Wildman–Crippen LogP) is 0.467. The number of piperazine rings is 1. The van der Waals surface area contributed by atoms with Crippen LogP contribution in [0.1, 0.15) is 12.6 Å². The number of aromatic nitrogens is 2. The molecule has 2 aliphatic heterocycles. The molecule has 1 aromatic heterocycles. The minimum atomic E-state index is 0.264. The minimum absolute atomic E-state index is 0.264. The quantitative estimate of drug-likeness (QED) is 0.851. The van der Waals surface area contributed by atoms with E-state index in [9.17, 15) is 5.11 Å². The second-order valence-electron chi connectivity index (χ2n) is 6.86. The maximum atomic E-state index is 9.78. The average Bonchev–Trinajstić information content (AvgIpc) is 2.98. The van der Waals surface area contributed by atoms with Crippen LogP contribution in [0.4, 0.5) is 5.82 Å². The number of aliphatic hydroxyl groups excluding tert-OH is 1. The normalized spacial score (nSPS) is 26.8. The Morgan fingerprint density at radius 1 is 1.09 bits per heavy atom. The van der Waals surface area contributed by atoms with Crippen molar-refractivity contribution in [1.82, 2.24) is 19.8 Å². The first kappa shape index (κ1) is 16.6. The zero-order chi connectivity index (χ0) is 16.2. The van der Waals surface area contributed by atoms with Crippen molar-refractivity contribution in [1.29, 1.82) is 0 Å². The van der Waals surface area contributed by atoms with Crippen LogP contribution in [0, 0.1) is 18.8 Å².